The van der Waals surface area contributed by atoms with Crippen LogP contribution >= 0.6 is 0 Å². The molecule has 1 N–H and O–H groups in total. The van der Waals surface area contributed by atoms with E-state index < -0.39 is 6.10 Å². The SMILES string of the molecule is Cc1ccc(CNC(=O)CCN2C(=O)C(C)Oc3ccccc32)n1C. The lowest BCUT2D eigenvalue weighted by Gasteiger charge is -2.32. The average molecular weight is 341 g/mol. The highest BCUT2D eigenvalue weighted by molar-refractivity contribution is 6.00. The number of aromatic nitrogens is 1. The predicted octanol–water partition coefficient (Wildman–Crippen LogP) is 2.15. The van der Waals surface area contributed by atoms with Gasteiger partial charge in [-0.05, 0) is 38.1 Å². The molecule has 3 rings (SSSR count). The Kier molecular flexibility index (Phi) is 4.79. The van der Waals surface area contributed by atoms with Crippen molar-refractivity contribution in [1.82, 2.24) is 9.88 Å². The Balaban J connectivity index is 1.60. The van der Waals surface area contributed by atoms with E-state index in [4.69, 9.17) is 4.74 Å². The molecule has 2 aromatic rings. The van der Waals surface area contributed by atoms with Gasteiger partial charge in [0.25, 0.3) is 5.91 Å². The number of para-hydroxylation sites is 2. The maximum atomic E-state index is 12.4. The molecule has 0 fully saturated rings. The summed E-state index contributed by atoms with van der Waals surface area (Å²) in [5.74, 6) is 0.474. The second-order valence-corrected chi connectivity index (χ2v) is 6.27. The van der Waals surface area contributed by atoms with Gasteiger partial charge in [0.2, 0.25) is 5.91 Å². The van der Waals surface area contributed by atoms with E-state index in [-0.39, 0.29) is 18.2 Å². The van der Waals surface area contributed by atoms with Gasteiger partial charge in [0.15, 0.2) is 6.10 Å². The highest BCUT2D eigenvalue weighted by Gasteiger charge is 2.31. The third-order valence-electron chi connectivity index (χ3n) is 4.58. The van der Waals surface area contributed by atoms with Crippen LogP contribution in [-0.2, 0) is 23.2 Å². The lowest BCUT2D eigenvalue weighted by Crippen LogP contribution is -2.45. The van der Waals surface area contributed by atoms with Crippen molar-refractivity contribution in [1.29, 1.82) is 0 Å². The normalized spacial score (nSPS) is 16.4. The number of carbonyl (C=O) groups is 2. The van der Waals surface area contributed by atoms with Crippen molar-refractivity contribution < 1.29 is 14.3 Å². The molecular weight excluding hydrogens is 318 g/mol. The summed E-state index contributed by atoms with van der Waals surface area (Å²) in [6.45, 7) is 4.56. The highest BCUT2D eigenvalue weighted by atomic mass is 16.5. The van der Waals surface area contributed by atoms with Gasteiger partial charge in [0, 0.05) is 31.4 Å². The number of nitrogens with one attached hydrogen (secondary N) is 1. The minimum Gasteiger partial charge on any atom is -0.479 e. The molecule has 132 valence electrons. The number of rotatable bonds is 5. The van der Waals surface area contributed by atoms with Crippen LogP contribution in [0.3, 0.4) is 0 Å². The number of hydrogen-bond donors (Lipinski definition) is 1. The first kappa shape index (κ1) is 17.1. The number of nitrogens with zero attached hydrogens (tertiary/aromatic N) is 2. The molecule has 0 radical (unpaired) electrons. The summed E-state index contributed by atoms with van der Waals surface area (Å²) in [5.41, 5.74) is 2.91. The summed E-state index contributed by atoms with van der Waals surface area (Å²) in [4.78, 5) is 26.2. The summed E-state index contributed by atoms with van der Waals surface area (Å²) in [7, 11) is 1.97. The van der Waals surface area contributed by atoms with Crippen molar-refractivity contribution in [2.45, 2.75) is 32.9 Å². The Morgan fingerprint density at radius 2 is 2.00 bits per heavy atom. The second kappa shape index (κ2) is 7.01. The van der Waals surface area contributed by atoms with Crippen molar-refractivity contribution in [3.8, 4) is 5.75 Å². The van der Waals surface area contributed by atoms with E-state index in [2.05, 4.69) is 5.32 Å². The summed E-state index contributed by atoms with van der Waals surface area (Å²) in [5, 5.41) is 2.91. The van der Waals surface area contributed by atoms with Gasteiger partial charge in [0.1, 0.15) is 5.75 Å². The summed E-state index contributed by atoms with van der Waals surface area (Å²) in [6.07, 6.45) is -0.291. The molecule has 0 aliphatic carbocycles. The lowest BCUT2D eigenvalue weighted by atomic mass is 10.1. The minimum absolute atomic E-state index is 0.0803. The van der Waals surface area contributed by atoms with E-state index in [1.807, 2.05) is 54.9 Å². The van der Waals surface area contributed by atoms with Crippen LogP contribution in [0, 0.1) is 6.92 Å². The van der Waals surface area contributed by atoms with Gasteiger partial charge in [-0.2, -0.15) is 0 Å². The molecule has 2 amide bonds. The molecule has 0 saturated heterocycles. The fraction of sp³-hybridized carbons (Fsp3) is 0.368. The number of ether oxygens (including phenoxy) is 1. The first-order chi connectivity index (χ1) is 12.0. The molecule has 1 aromatic carbocycles. The Morgan fingerprint density at radius 1 is 1.24 bits per heavy atom. The number of fused-ring (bicyclic) bond motifs is 1. The Bertz CT molecular complexity index is 797. The van der Waals surface area contributed by atoms with Gasteiger partial charge in [-0.3, -0.25) is 9.59 Å². The molecule has 6 nitrogen and oxygen atoms in total. The zero-order chi connectivity index (χ0) is 18.0. The van der Waals surface area contributed by atoms with Crippen LogP contribution in [0.15, 0.2) is 36.4 Å². The van der Waals surface area contributed by atoms with Crippen LogP contribution in [0.2, 0.25) is 0 Å². The molecule has 1 aliphatic rings. The van der Waals surface area contributed by atoms with Crippen molar-refractivity contribution in [3.63, 3.8) is 0 Å². The second-order valence-electron chi connectivity index (χ2n) is 6.27. The van der Waals surface area contributed by atoms with Crippen LogP contribution in [0.5, 0.6) is 5.75 Å². The number of benzene rings is 1. The van der Waals surface area contributed by atoms with Gasteiger partial charge >= 0.3 is 0 Å². The highest BCUT2D eigenvalue weighted by Crippen LogP contribution is 2.33. The number of anilines is 1. The first-order valence-corrected chi connectivity index (χ1v) is 8.42. The standard InChI is InChI=1S/C19H23N3O3/c1-13-8-9-15(21(13)3)12-20-18(23)10-11-22-16-6-4-5-7-17(16)25-14(2)19(22)24/h4-9,14H,10-12H2,1-3H3,(H,20,23). The molecule has 0 spiro atoms. The molecule has 2 heterocycles. The molecule has 1 aliphatic heterocycles. The van der Waals surface area contributed by atoms with Gasteiger partial charge in [-0.15, -0.1) is 0 Å². The van der Waals surface area contributed by atoms with Crippen LogP contribution in [0.25, 0.3) is 0 Å². The van der Waals surface area contributed by atoms with Gasteiger partial charge in [0.05, 0.1) is 12.2 Å². The largest absolute Gasteiger partial charge is 0.479 e. The molecule has 1 aromatic heterocycles. The monoisotopic (exact) mass is 341 g/mol. The minimum atomic E-state index is -0.538. The fourth-order valence-electron chi connectivity index (χ4n) is 2.92. The first-order valence-electron chi connectivity index (χ1n) is 8.42. The van der Waals surface area contributed by atoms with E-state index in [1.54, 1.807) is 11.8 Å². The summed E-state index contributed by atoms with van der Waals surface area (Å²) in [6, 6.07) is 11.4. The number of carbonyl (C=O) groups excluding carboxylic acids is 2. The lowest BCUT2D eigenvalue weighted by molar-refractivity contribution is -0.125. The Hall–Kier alpha value is -2.76. The Labute approximate surface area is 147 Å². The zero-order valence-corrected chi connectivity index (χ0v) is 14.8. The number of amides is 2. The number of hydrogen-bond acceptors (Lipinski definition) is 3. The van der Waals surface area contributed by atoms with E-state index in [0.29, 0.717) is 18.8 Å². The van der Waals surface area contributed by atoms with E-state index in [1.165, 1.54) is 0 Å². The zero-order valence-electron chi connectivity index (χ0n) is 14.8. The van der Waals surface area contributed by atoms with E-state index >= 15 is 0 Å². The quantitative estimate of drug-likeness (QED) is 0.906. The van der Waals surface area contributed by atoms with Crippen LogP contribution in [0.4, 0.5) is 5.69 Å². The molecule has 6 heteroatoms. The third-order valence-corrected chi connectivity index (χ3v) is 4.58. The molecule has 1 unspecified atom stereocenters. The van der Waals surface area contributed by atoms with Crippen LogP contribution in [0.1, 0.15) is 24.7 Å². The topological polar surface area (TPSA) is 63.6 Å². The van der Waals surface area contributed by atoms with Crippen LogP contribution < -0.4 is 15.0 Å². The fourth-order valence-corrected chi connectivity index (χ4v) is 2.92. The molecule has 1 atom stereocenters. The third kappa shape index (κ3) is 3.52. The number of aryl methyl sites for hydroxylation is 1. The van der Waals surface area contributed by atoms with Crippen molar-refractivity contribution in [3.05, 3.63) is 47.8 Å². The van der Waals surface area contributed by atoms with E-state index in [9.17, 15) is 9.59 Å². The molecule has 0 bridgehead atoms. The average Bonchev–Trinajstić information content (AvgIpc) is 2.92. The van der Waals surface area contributed by atoms with Crippen molar-refractivity contribution >= 4 is 17.5 Å². The van der Waals surface area contributed by atoms with Gasteiger partial charge in [-0.1, -0.05) is 12.1 Å². The van der Waals surface area contributed by atoms with Gasteiger partial charge < -0.3 is 19.5 Å². The molecule has 25 heavy (non-hydrogen) atoms. The van der Waals surface area contributed by atoms with Gasteiger partial charge in [-0.25, -0.2) is 0 Å². The predicted molar refractivity (Wildman–Crippen MR) is 95.5 cm³/mol. The summed E-state index contributed by atoms with van der Waals surface area (Å²) >= 11 is 0. The van der Waals surface area contributed by atoms with Crippen molar-refractivity contribution in [2.24, 2.45) is 7.05 Å². The van der Waals surface area contributed by atoms with E-state index in [0.717, 1.165) is 17.1 Å². The summed E-state index contributed by atoms with van der Waals surface area (Å²) < 4.78 is 7.65. The Morgan fingerprint density at radius 3 is 2.72 bits per heavy atom. The maximum Gasteiger partial charge on any atom is 0.267 e. The maximum absolute atomic E-state index is 12.4. The van der Waals surface area contributed by atoms with Crippen LogP contribution in [-0.4, -0.2) is 29.0 Å². The van der Waals surface area contributed by atoms with Crippen molar-refractivity contribution in [2.75, 3.05) is 11.4 Å². The molecule has 0 saturated carbocycles. The molecular formula is C19H23N3O3. The smallest absolute Gasteiger partial charge is 0.267 e.